The number of hydrogen-bond acceptors (Lipinski definition) is 1. The molecule has 0 fully saturated rings. The fourth-order valence-corrected chi connectivity index (χ4v) is 3.30. The first-order valence-corrected chi connectivity index (χ1v) is 10.8. The lowest BCUT2D eigenvalue weighted by Crippen LogP contribution is -2.43. The second-order valence-corrected chi connectivity index (χ2v) is 9.39. The zero-order chi connectivity index (χ0) is 18.5. The molecule has 0 radical (unpaired) electrons. The van der Waals surface area contributed by atoms with Gasteiger partial charge in [-0.2, -0.15) is 0 Å². The Kier molecular flexibility index (Phi) is 14.1. The Labute approximate surface area is 167 Å². The summed E-state index contributed by atoms with van der Waals surface area (Å²) in [6.45, 7) is 2.24. The maximum Gasteiger partial charge on any atom is 0.343 e. The summed E-state index contributed by atoms with van der Waals surface area (Å²) in [5.41, 5.74) is 0. The Morgan fingerprint density at radius 2 is 1.04 bits per heavy atom. The molecule has 24 heavy (non-hydrogen) atoms. The van der Waals surface area contributed by atoms with Crippen LogP contribution in [-0.4, -0.2) is 19.7 Å². The van der Waals surface area contributed by atoms with Crippen molar-refractivity contribution in [1.29, 1.82) is 0 Å². The molecule has 0 spiro atoms. The van der Waals surface area contributed by atoms with E-state index in [9.17, 15) is 4.79 Å². The number of alkyl halides is 4. The average molecular weight is 422 g/mol. The fourth-order valence-electron chi connectivity index (χ4n) is 2.68. The van der Waals surface area contributed by atoms with Crippen molar-refractivity contribution in [2.75, 3.05) is 0 Å². The number of carbonyl (C=O) groups is 1. The van der Waals surface area contributed by atoms with Crippen molar-refractivity contribution < 1.29 is 9.90 Å². The van der Waals surface area contributed by atoms with E-state index in [2.05, 4.69) is 6.92 Å². The lowest BCUT2D eigenvalue weighted by atomic mass is 10.0. The first-order chi connectivity index (χ1) is 11.3. The van der Waals surface area contributed by atoms with Gasteiger partial charge in [0, 0.05) is 0 Å². The van der Waals surface area contributed by atoms with Crippen LogP contribution in [0.25, 0.3) is 0 Å². The molecule has 0 rings (SSSR count). The topological polar surface area (TPSA) is 37.3 Å². The van der Waals surface area contributed by atoms with Crippen molar-refractivity contribution in [2.45, 2.75) is 105 Å². The minimum Gasteiger partial charge on any atom is -0.479 e. The van der Waals surface area contributed by atoms with Crippen LogP contribution in [0.1, 0.15) is 96.8 Å². The van der Waals surface area contributed by atoms with E-state index in [4.69, 9.17) is 51.5 Å². The number of halogens is 4. The number of carboxylic acids is 1. The summed E-state index contributed by atoms with van der Waals surface area (Å²) >= 11 is 23.4. The smallest absolute Gasteiger partial charge is 0.343 e. The molecule has 0 aliphatic heterocycles. The quantitative estimate of drug-likeness (QED) is 0.203. The Morgan fingerprint density at radius 1 is 0.708 bits per heavy atom. The third kappa shape index (κ3) is 10.6. The number of aliphatic carboxylic acids is 1. The van der Waals surface area contributed by atoms with E-state index in [-0.39, 0.29) is 6.42 Å². The van der Waals surface area contributed by atoms with Crippen molar-refractivity contribution in [1.82, 2.24) is 0 Å². The van der Waals surface area contributed by atoms with E-state index in [1.165, 1.54) is 64.2 Å². The highest BCUT2D eigenvalue weighted by Crippen LogP contribution is 2.46. The van der Waals surface area contributed by atoms with Crippen LogP contribution in [-0.2, 0) is 4.79 Å². The third-order valence-corrected chi connectivity index (χ3v) is 6.62. The molecule has 6 heteroatoms. The summed E-state index contributed by atoms with van der Waals surface area (Å²) in [6.07, 6.45) is 16.3. The Hall–Kier alpha value is 0.630. The second kappa shape index (κ2) is 13.8. The zero-order valence-electron chi connectivity index (χ0n) is 14.8. The van der Waals surface area contributed by atoms with Crippen molar-refractivity contribution in [3.05, 3.63) is 0 Å². The molecule has 0 heterocycles. The summed E-state index contributed by atoms with van der Waals surface area (Å²) < 4.78 is -3.84. The molecule has 0 saturated carbocycles. The molecule has 0 aromatic carbocycles. The molecule has 0 atom stereocenters. The van der Waals surface area contributed by atoms with Gasteiger partial charge < -0.3 is 5.11 Å². The largest absolute Gasteiger partial charge is 0.479 e. The first-order valence-electron chi connectivity index (χ1n) is 9.24. The summed E-state index contributed by atoms with van der Waals surface area (Å²) in [7, 11) is 0. The van der Waals surface area contributed by atoms with Crippen LogP contribution in [0.5, 0.6) is 0 Å². The maximum absolute atomic E-state index is 11.0. The number of unbranched alkanes of at least 4 members (excludes halogenated alkanes) is 12. The van der Waals surface area contributed by atoms with Gasteiger partial charge in [-0.25, -0.2) is 4.79 Å². The summed E-state index contributed by atoms with van der Waals surface area (Å²) in [4.78, 5) is 11.0. The average Bonchev–Trinajstić information content (AvgIpc) is 2.51. The molecule has 0 aromatic heterocycles. The van der Waals surface area contributed by atoms with E-state index in [0.29, 0.717) is 0 Å². The second-order valence-electron chi connectivity index (χ2n) is 6.58. The standard InChI is InChI=1S/C18H32Cl4O2/c1-2-3-4-5-6-7-8-9-10-11-12-13-14-15-17(19,20)18(21,22)16(23)24/h2-15H2,1H3,(H,23,24). The number of rotatable bonds is 16. The van der Waals surface area contributed by atoms with Gasteiger partial charge in [-0.05, 0) is 6.42 Å². The molecular weight excluding hydrogens is 390 g/mol. The Bertz CT molecular complexity index is 333. The lowest BCUT2D eigenvalue weighted by Gasteiger charge is -2.28. The normalized spacial score (nSPS) is 12.5. The van der Waals surface area contributed by atoms with Gasteiger partial charge in [0.25, 0.3) is 0 Å². The van der Waals surface area contributed by atoms with Gasteiger partial charge in [-0.15, -0.1) is 0 Å². The lowest BCUT2D eigenvalue weighted by molar-refractivity contribution is -0.138. The fraction of sp³-hybridized carbons (Fsp3) is 0.944. The molecule has 0 bridgehead atoms. The monoisotopic (exact) mass is 420 g/mol. The van der Waals surface area contributed by atoms with E-state index >= 15 is 0 Å². The molecule has 0 aliphatic carbocycles. The Morgan fingerprint density at radius 3 is 1.38 bits per heavy atom. The molecule has 0 aliphatic rings. The van der Waals surface area contributed by atoms with Crippen LogP contribution < -0.4 is 0 Å². The van der Waals surface area contributed by atoms with Gasteiger partial charge in [-0.3, -0.25) is 0 Å². The van der Waals surface area contributed by atoms with Crippen LogP contribution in [0.2, 0.25) is 0 Å². The maximum atomic E-state index is 11.0. The summed E-state index contributed by atoms with van der Waals surface area (Å²) in [5.74, 6) is -1.41. The first kappa shape index (κ1) is 24.6. The molecule has 1 N–H and O–H groups in total. The van der Waals surface area contributed by atoms with E-state index in [1.54, 1.807) is 0 Å². The van der Waals surface area contributed by atoms with Gasteiger partial charge in [0.05, 0.1) is 0 Å². The van der Waals surface area contributed by atoms with Crippen molar-refractivity contribution in [3.63, 3.8) is 0 Å². The van der Waals surface area contributed by atoms with Crippen LogP contribution in [0, 0.1) is 0 Å². The zero-order valence-corrected chi connectivity index (χ0v) is 17.8. The van der Waals surface area contributed by atoms with E-state index in [0.717, 1.165) is 19.3 Å². The van der Waals surface area contributed by atoms with E-state index in [1.807, 2.05) is 0 Å². The summed E-state index contributed by atoms with van der Waals surface area (Å²) in [6, 6.07) is 0. The molecule has 0 amide bonds. The predicted molar refractivity (Wildman–Crippen MR) is 107 cm³/mol. The molecule has 2 nitrogen and oxygen atoms in total. The minimum atomic E-state index is -2.17. The number of carboxylic acid groups (broad SMARTS) is 1. The van der Waals surface area contributed by atoms with Crippen molar-refractivity contribution >= 4 is 52.4 Å². The highest BCUT2D eigenvalue weighted by molar-refractivity contribution is 6.68. The van der Waals surface area contributed by atoms with Gasteiger partial charge in [0.1, 0.15) is 0 Å². The van der Waals surface area contributed by atoms with E-state index < -0.39 is 14.6 Å². The van der Waals surface area contributed by atoms with Crippen molar-refractivity contribution in [3.8, 4) is 0 Å². The third-order valence-electron chi connectivity index (χ3n) is 4.32. The van der Waals surface area contributed by atoms with Crippen LogP contribution in [0.4, 0.5) is 0 Å². The highest BCUT2D eigenvalue weighted by atomic mass is 35.5. The van der Waals surface area contributed by atoms with Crippen LogP contribution in [0.3, 0.4) is 0 Å². The number of hydrogen-bond donors (Lipinski definition) is 1. The molecule has 0 unspecified atom stereocenters. The Balaban J connectivity index is 3.50. The van der Waals surface area contributed by atoms with Gasteiger partial charge in [0.2, 0.25) is 4.33 Å². The molecule has 0 aromatic rings. The summed E-state index contributed by atoms with van der Waals surface area (Å²) in [5, 5.41) is 8.95. The predicted octanol–water partition coefficient (Wildman–Crippen LogP) is 7.90. The molecular formula is C18H32Cl4O2. The van der Waals surface area contributed by atoms with Crippen LogP contribution >= 0.6 is 46.4 Å². The van der Waals surface area contributed by atoms with Gasteiger partial charge >= 0.3 is 5.97 Å². The SMILES string of the molecule is CCCCCCCCCCCCCCCC(Cl)(Cl)C(Cl)(Cl)C(=O)O. The molecule has 144 valence electrons. The van der Waals surface area contributed by atoms with Crippen molar-refractivity contribution in [2.24, 2.45) is 0 Å². The molecule has 0 saturated heterocycles. The highest BCUT2D eigenvalue weighted by Gasteiger charge is 2.52. The van der Waals surface area contributed by atoms with Gasteiger partial charge in [-0.1, -0.05) is 137 Å². The van der Waals surface area contributed by atoms with Crippen LogP contribution in [0.15, 0.2) is 0 Å². The van der Waals surface area contributed by atoms with Gasteiger partial charge in [0.15, 0.2) is 4.33 Å². The minimum absolute atomic E-state index is 0.271.